The van der Waals surface area contributed by atoms with Crippen molar-refractivity contribution in [3.8, 4) is 11.5 Å². The highest BCUT2D eigenvalue weighted by atomic mass is 19.1. The standard InChI is InChI=1S/C14H12FNO4/c1-9-2-5-13(10(6-9)8-17)20-14-7-11(15)3-4-12(14)16(18)19/h2-7,17H,8H2,1H3. The highest BCUT2D eigenvalue weighted by molar-refractivity contribution is 5.50. The summed E-state index contributed by atoms with van der Waals surface area (Å²) in [6.45, 7) is 1.56. The van der Waals surface area contributed by atoms with Crippen molar-refractivity contribution < 1.29 is 19.2 Å². The van der Waals surface area contributed by atoms with Crippen molar-refractivity contribution in [1.82, 2.24) is 0 Å². The Morgan fingerprint density at radius 1 is 1.25 bits per heavy atom. The Morgan fingerprint density at radius 3 is 2.65 bits per heavy atom. The number of halogens is 1. The van der Waals surface area contributed by atoms with Crippen LogP contribution < -0.4 is 4.74 Å². The van der Waals surface area contributed by atoms with Crippen LogP contribution in [0, 0.1) is 22.9 Å². The lowest BCUT2D eigenvalue weighted by atomic mass is 10.1. The summed E-state index contributed by atoms with van der Waals surface area (Å²) in [6.07, 6.45) is 0. The average Bonchev–Trinajstić information content (AvgIpc) is 2.40. The number of nitro benzene ring substituents is 1. The van der Waals surface area contributed by atoms with Gasteiger partial charge in [-0.1, -0.05) is 17.7 Å². The van der Waals surface area contributed by atoms with E-state index in [0.717, 1.165) is 23.8 Å². The van der Waals surface area contributed by atoms with Crippen LogP contribution in [0.15, 0.2) is 36.4 Å². The minimum atomic E-state index is -0.651. The number of aliphatic hydroxyl groups excluding tert-OH is 1. The number of hydrogen-bond donors (Lipinski definition) is 1. The first-order chi connectivity index (χ1) is 9.51. The number of hydrogen-bond acceptors (Lipinski definition) is 4. The summed E-state index contributed by atoms with van der Waals surface area (Å²) in [6, 6.07) is 7.99. The number of nitrogens with zero attached hydrogens (tertiary/aromatic N) is 1. The Morgan fingerprint density at radius 2 is 2.00 bits per heavy atom. The summed E-state index contributed by atoms with van der Waals surface area (Å²) >= 11 is 0. The first-order valence-corrected chi connectivity index (χ1v) is 5.83. The summed E-state index contributed by atoms with van der Waals surface area (Å²) in [5.74, 6) is -0.580. The Kier molecular flexibility index (Phi) is 3.95. The molecule has 0 aliphatic rings. The second-order valence-corrected chi connectivity index (χ2v) is 4.24. The maximum absolute atomic E-state index is 13.2. The molecule has 0 aliphatic heterocycles. The Hall–Kier alpha value is -2.47. The predicted octanol–water partition coefficient (Wildman–Crippen LogP) is 3.33. The van der Waals surface area contributed by atoms with Gasteiger partial charge in [-0.05, 0) is 19.1 Å². The van der Waals surface area contributed by atoms with Gasteiger partial charge in [0.15, 0.2) is 0 Å². The molecule has 20 heavy (non-hydrogen) atoms. The number of nitro groups is 1. The number of benzene rings is 2. The van der Waals surface area contributed by atoms with Crippen LogP contribution in [0.5, 0.6) is 11.5 Å². The minimum Gasteiger partial charge on any atom is -0.450 e. The Balaban J connectivity index is 2.44. The van der Waals surface area contributed by atoms with Crippen molar-refractivity contribution in [2.24, 2.45) is 0 Å². The maximum Gasteiger partial charge on any atom is 0.311 e. The van der Waals surface area contributed by atoms with Gasteiger partial charge in [0.05, 0.1) is 11.5 Å². The van der Waals surface area contributed by atoms with Gasteiger partial charge < -0.3 is 9.84 Å². The van der Waals surface area contributed by atoms with Crippen molar-refractivity contribution >= 4 is 5.69 Å². The Labute approximate surface area is 114 Å². The van der Waals surface area contributed by atoms with Crippen LogP contribution in [0.1, 0.15) is 11.1 Å². The van der Waals surface area contributed by atoms with Crippen LogP contribution >= 0.6 is 0 Å². The lowest BCUT2D eigenvalue weighted by Gasteiger charge is -2.10. The molecule has 0 atom stereocenters. The van der Waals surface area contributed by atoms with Crippen molar-refractivity contribution in [3.63, 3.8) is 0 Å². The predicted molar refractivity (Wildman–Crippen MR) is 70.2 cm³/mol. The van der Waals surface area contributed by atoms with E-state index in [1.54, 1.807) is 18.2 Å². The quantitative estimate of drug-likeness (QED) is 0.687. The van der Waals surface area contributed by atoms with Crippen molar-refractivity contribution in [3.05, 3.63) is 63.5 Å². The fraction of sp³-hybridized carbons (Fsp3) is 0.143. The summed E-state index contributed by atoms with van der Waals surface area (Å²) in [4.78, 5) is 10.2. The van der Waals surface area contributed by atoms with Crippen LogP contribution in [-0.2, 0) is 6.61 Å². The molecular weight excluding hydrogens is 265 g/mol. The van der Waals surface area contributed by atoms with Crippen molar-refractivity contribution in [2.75, 3.05) is 0 Å². The van der Waals surface area contributed by atoms with E-state index in [4.69, 9.17) is 4.74 Å². The normalized spacial score (nSPS) is 10.3. The van der Waals surface area contributed by atoms with Gasteiger partial charge >= 0.3 is 5.69 Å². The summed E-state index contributed by atoms with van der Waals surface area (Å²) < 4.78 is 18.6. The molecule has 5 nitrogen and oxygen atoms in total. The Bertz CT molecular complexity index is 658. The zero-order valence-electron chi connectivity index (χ0n) is 10.7. The SMILES string of the molecule is Cc1ccc(Oc2cc(F)ccc2[N+](=O)[O-])c(CO)c1. The van der Waals surface area contributed by atoms with Gasteiger partial charge in [-0.15, -0.1) is 0 Å². The fourth-order valence-corrected chi connectivity index (χ4v) is 1.77. The van der Waals surface area contributed by atoms with E-state index in [0.29, 0.717) is 5.56 Å². The van der Waals surface area contributed by atoms with Gasteiger partial charge in [-0.2, -0.15) is 0 Å². The van der Waals surface area contributed by atoms with E-state index >= 15 is 0 Å². The molecule has 0 amide bonds. The van der Waals surface area contributed by atoms with E-state index < -0.39 is 10.7 Å². The number of aliphatic hydroxyl groups is 1. The molecule has 0 unspecified atom stereocenters. The van der Waals surface area contributed by atoms with Crippen molar-refractivity contribution in [1.29, 1.82) is 0 Å². The lowest BCUT2D eigenvalue weighted by Crippen LogP contribution is -1.97. The molecule has 0 saturated heterocycles. The number of aryl methyl sites for hydroxylation is 1. The molecule has 2 rings (SSSR count). The molecule has 6 heteroatoms. The van der Waals surface area contributed by atoms with Crippen LogP contribution in [0.3, 0.4) is 0 Å². The molecule has 0 aliphatic carbocycles. The first kappa shape index (κ1) is 14.0. The van der Waals surface area contributed by atoms with E-state index in [9.17, 15) is 19.6 Å². The fourth-order valence-electron chi connectivity index (χ4n) is 1.77. The number of rotatable bonds is 4. The van der Waals surface area contributed by atoms with Crippen LogP contribution in [0.4, 0.5) is 10.1 Å². The van der Waals surface area contributed by atoms with E-state index in [1.807, 2.05) is 6.92 Å². The summed E-state index contributed by atoms with van der Waals surface area (Å²) in [5.41, 5.74) is 1.05. The van der Waals surface area contributed by atoms with Crippen LogP contribution in [0.2, 0.25) is 0 Å². The molecular formula is C14H12FNO4. The van der Waals surface area contributed by atoms with E-state index in [1.165, 1.54) is 0 Å². The van der Waals surface area contributed by atoms with Gasteiger partial charge in [0, 0.05) is 17.7 Å². The number of ether oxygens (including phenoxy) is 1. The maximum atomic E-state index is 13.2. The smallest absolute Gasteiger partial charge is 0.311 e. The van der Waals surface area contributed by atoms with Gasteiger partial charge in [0.1, 0.15) is 11.6 Å². The molecule has 1 N–H and O–H groups in total. The lowest BCUT2D eigenvalue weighted by molar-refractivity contribution is -0.385. The van der Waals surface area contributed by atoms with Gasteiger partial charge in [-0.25, -0.2) is 4.39 Å². The highest BCUT2D eigenvalue weighted by Gasteiger charge is 2.17. The molecule has 0 spiro atoms. The van der Waals surface area contributed by atoms with Crippen molar-refractivity contribution in [2.45, 2.75) is 13.5 Å². The third kappa shape index (κ3) is 2.92. The monoisotopic (exact) mass is 277 g/mol. The minimum absolute atomic E-state index is 0.200. The second-order valence-electron chi connectivity index (χ2n) is 4.24. The molecule has 0 heterocycles. The molecule has 2 aromatic rings. The topological polar surface area (TPSA) is 72.6 Å². The van der Waals surface area contributed by atoms with E-state index in [2.05, 4.69) is 0 Å². The summed E-state index contributed by atoms with van der Waals surface area (Å²) in [7, 11) is 0. The van der Waals surface area contributed by atoms with Gasteiger partial charge in [-0.3, -0.25) is 10.1 Å². The molecule has 0 bridgehead atoms. The zero-order valence-corrected chi connectivity index (χ0v) is 10.7. The molecule has 2 aromatic carbocycles. The van der Waals surface area contributed by atoms with E-state index in [-0.39, 0.29) is 23.8 Å². The first-order valence-electron chi connectivity index (χ1n) is 5.83. The highest BCUT2D eigenvalue weighted by Crippen LogP contribution is 2.33. The molecule has 0 aromatic heterocycles. The second kappa shape index (κ2) is 5.66. The van der Waals surface area contributed by atoms with Gasteiger partial charge in [0.25, 0.3) is 0 Å². The largest absolute Gasteiger partial charge is 0.450 e. The third-order valence-corrected chi connectivity index (χ3v) is 2.72. The molecule has 0 saturated carbocycles. The third-order valence-electron chi connectivity index (χ3n) is 2.72. The average molecular weight is 277 g/mol. The zero-order chi connectivity index (χ0) is 14.7. The molecule has 0 fully saturated rings. The molecule has 104 valence electrons. The van der Waals surface area contributed by atoms with Crippen LogP contribution in [-0.4, -0.2) is 10.0 Å². The van der Waals surface area contributed by atoms with Crippen LogP contribution in [0.25, 0.3) is 0 Å². The molecule has 0 radical (unpaired) electrons. The van der Waals surface area contributed by atoms with Gasteiger partial charge in [0.2, 0.25) is 5.75 Å². The summed E-state index contributed by atoms with van der Waals surface area (Å²) in [5, 5.41) is 20.2.